The van der Waals surface area contributed by atoms with E-state index >= 15 is 0 Å². The summed E-state index contributed by atoms with van der Waals surface area (Å²) in [6.45, 7) is 3.24. The molecule has 0 bridgehead atoms. The number of hydrogen-bond donors (Lipinski definition) is 3. The van der Waals surface area contributed by atoms with Crippen LogP contribution in [0.25, 0.3) is 0 Å². The first-order valence-electron chi connectivity index (χ1n) is 10.6. The molecule has 0 saturated carbocycles. The minimum Gasteiger partial charge on any atom is -0.493 e. The molecule has 0 fully saturated rings. The number of nitrogens with one attached hydrogen (secondary N) is 3. The van der Waals surface area contributed by atoms with E-state index in [1.165, 1.54) is 13.3 Å². The van der Waals surface area contributed by atoms with Gasteiger partial charge in [-0.1, -0.05) is 36.4 Å². The van der Waals surface area contributed by atoms with Gasteiger partial charge in [-0.2, -0.15) is 5.10 Å². The lowest BCUT2D eigenvalue weighted by Gasteiger charge is -2.28. The van der Waals surface area contributed by atoms with Gasteiger partial charge in [-0.15, -0.1) is 0 Å². The highest BCUT2D eigenvalue weighted by Gasteiger charge is 2.32. The first-order chi connectivity index (χ1) is 16.4. The van der Waals surface area contributed by atoms with Crippen LogP contribution in [0.5, 0.6) is 11.5 Å². The van der Waals surface area contributed by atoms with Gasteiger partial charge in [0.2, 0.25) is 0 Å². The third kappa shape index (κ3) is 6.12. The lowest BCUT2D eigenvalue weighted by molar-refractivity contribution is -0.139. The van der Waals surface area contributed by atoms with Gasteiger partial charge in [0.25, 0.3) is 5.91 Å². The van der Waals surface area contributed by atoms with E-state index in [0.29, 0.717) is 22.8 Å². The van der Waals surface area contributed by atoms with Crippen LogP contribution in [0, 0.1) is 0 Å². The van der Waals surface area contributed by atoms with Gasteiger partial charge >= 0.3 is 12.0 Å². The number of allylic oxidation sites excluding steroid dienone is 1. The zero-order chi connectivity index (χ0) is 24.5. The molecule has 3 N–H and O–H groups in total. The summed E-state index contributed by atoms with van der Waals surface area (Å²) >= 11 is 0. The zero-order valence-corrected chi connectivity index (χ0v) is 19.1. The van der Waals surface area contributed by atoms with Crippen molar-refractivity contribution in [1.82, 2.24) is 16.1 Å². The number of rotatable bonds is 9. The molecule has 2 aromatic carbocycles. The highest BCUT2D eigenvalue weighted by atomic mass is 16.5. The first kappa shape index (κ1) is 24.3. The van der Waals surface area contributed by atoms with Gasteiger partial charge in [0, 0.05) is 5.70 Å². The fourth-order valence-electron chi connectivity index (χ4n) is 3.30. The van der Waals surface area contributed by atoms with Gasteiger partial charge < -0.3 is 24.8 Å². The molecule has 34 heavy (non-hydrogen) atoms. The Labute approximate surface area is 197 Å². The van der Waals surface area contributed by atoms with Crippen molar-refractivity contribution in [2.45, 2.75) is 19.9 Å². The second kappa shape index (κ2) is 11.5. The molecule has 3 amide bonds. The molecule has 1 unspecified atom stereocenters. The maximum Gasteiger partial charge on any atom is 0.338 e. The first-order valence-corrected chi connectivity index (χ1v) is 10.6. The molecule has 0 aromatic heterocycles. The molecular weight excluding hydrogens is 440 g/mol. The number of carbonyl (C=O) groups excluding carboxylic acids is 3. The fraction of sp³-hybridized carbons (Fsp3) is 0.250. The van der Waals surface area contributed by atoms with E-state index in [2.05, 4.69) is 21.2 Å². The van der Waals surface area contributed by atoms with Crippen molar-refractivity contribution >= 4 is 24.1 Å². The normalized spacial score (nSPS) is 15.4. The Bertz CT molecular complexity index is 1110. The number of benzene rings is 2. The summed E-state index contributed by atoms with van der Waals surface area (Å²) in [4.78, 5) is 36.6. The third-order valence-corrected chi connectivity index (χ3v) is 4.85. The monoisotopic (exact) mass is 466 g/mol. The number of urea groups is 1. The molecule has 0 aliphatic carbocycles. The van der Waals surface area contributed by atoms with Crippen molar-refractivity contribution in [3.63, 3.8) is 0 Å². The molecule has 0 spiro atoms. The number of hydrazone groups is 1. The molecule has 1 atom stereocenters. The van der Waals surface area contributed by atoms with Crippen molar-refractivity contribution in [2.24, 2.45) is 5.10 Å². The highest BCUT2D eigenvalue weighted by Crippen LogP contribution is 2.34. The quantitative estimate of drug-likeness (QED) is 0.296. The summed E-state index contributed by atoms with van der Waals surface area (Å²) in [5.41, 5.74) is 4.51. The molecule has 1 aliphatic rings. The smallest absolute Gasteiger partial charge is 0.338 e. The summed E-state index contributed by atoms with van der Waals surface area (Å²) in [7, 11) is 1.45. The van der Waals surface area contributed by atoms with Gasteiger partial charge in [0.15, 0.2) is 18.1 Å². The molecule has 1 aliphatic heterocycles. The van der Waals surface area contributed by atoms with Crippen molar-refractivity contribution in [1.29, 1.82) is 0 Å². The minimum absolute atomic E-state index is 0.198. The third-order valence-electron chi connectivity index (χ3n) is 4.85. The summed E-state index contributed by atoms with van der Waals surface area (Å²) < 4.78 is 16.1. The van der Waals surface area contributed by atoms with Crippen LogP contribution in [-0.4, -0.2) is 44.4 Å². The Morgan fingerprint density at radius 1 is 1.15 bits per heavy atom. The molecule has 10 nitrogen and oxygen atoms in total. The Kier molecular flexibility index (Phi) is 8.22. The highest BCUT2D eigenvalue weighted by molar-refractivity contribution is 5.95. The molecule has 2 aromatic rings. The van der Waals surface area contributed by atoms with E-state index < -0.39 is 23.9 Å². The number of ether oxygens (including phenoxy) is 3. The standard InChI is InChI=1S/C24H26N4O6/c1-4-33-23(30)21-15(2)26-24(31)27-22(21)17-10-11-18(19(12-17)32-3)34-14-20(29)28-25-13-16-8-6-5-7-9-16/h5-13,22H,4,14H2,1-3H3,(H,28,29)(H2,26,27,31)/b25-13+. The van der Waals surface area contributed by atoms with Gasteiger partial charge in [-0.25, -0.2) is 15.0 Å². The van der Waals surface area contributed by atoms with E-state index in [4.69, 9.17) is 14.2 Å². The lowest BCUT2D eigenvalue weighted by Crippen LogP contribution is -2.45. The van der Waals surface area contributed by atoms with Gasteiger partial charge in [0.05, 0.1) is 31.5 Å². The predicted octanol–water partition coefficient (Wildman–Crippen LogP) is 2.42. The number of methoxy groups -OCH3 is 1. The Morgan fingerprint density at radius 2 is 1.91 bits per heavy atom. The molecule has 10 heteroatoms. The van der Waals surface area contributed by atoms with Crippen molar-refractivity contribution in [3.05, 3.63) is 70.9 Å². The molecular formula is C24H26N4O6. The van der Waals surface area contributed by atoms with Crippen LogP contribution in [0.15, 0.2) is 64.9 Å². The maximum absolute atomic E-state index is 12.5. The van der Waals surface area contributed by atoms with Crippen LogP contribution < -0.4 is 25.5 Å². The molecule has 0 radical (unpaired) electrons. The maximum atomic E-state index is 12.5. The van der Waals surface area contributed by atoms with Gasteiger partial charge in [-0.3, -0.25) is 4.79 Å². The summed E-state index contributed by atoms with van der Waals surface area (Å²) in [5, 5.41) is 9.21. The molecule has 1 heterocycles. The Morgan fingerprint density at radius 3 is 2.62 bits per heavy atom. The number of nitrogens with zero attached hydrogens (tertiary/aromatic N) is 1. The van der Waals surface area contributed by atoms with Crippen LogP contribution in [0.2, 0.25) is 0 Å². The average Bonchev–Trinajstić information content (AvgIpc) is 2.83. The minimum atomic E-state index is -0.744. The average molecular weight is 466 g/mol. The molecule has 3 rings (SSSR count). The van der Waals surface area contributed by atoms with Gasteiger partial charge in [-0.05, 0) is 37.1 Å². The Balaban J connectivity index is 1.70. The van der Waals surface area contributed by atoms with Crippen molar-refractivity contribution in [3.8, 4) is 11.5 Å². The summed E-state index contributed by atoms with van der Waals surface area (Å²) in [5.74, 6) is -0.351. The Hall–Kier alpha value is -4.34. The molecule has 0 saturated heterocycles. The van der Waals surface area contributed by atoms with Gasteiger partial charge in [0.1, 0.15) is 0 Å². The number of carbonyl (C=O) groups is 3. The summed E-state index contributed by atoms with van der Waals surface area (Å²) in [6.07, 6.45) is 1.53. The number of hydrogen-bond acceptors (Lipinski definition) is 7. The van der Waals surface area contributed by atoms with E-state index in [-0.39, 0.29) is 18.8 Å². The van der Waals surface area contributed by atoms with E-state index in [9.17, 15) is 14.4 Å². The predicted molar refractivity (Wildman–Crippen MR) is 124 cm³/mol. The van der Waals surface area contributed by atoms with E-state index in [0.717, 1.165) is 5.56 Å². The summed E-state index contributed by atoms with van der Waals surface area (Å²) in [6, 6.07) is 13.0. The zero-order valence-electron chi connectivity index (χ0n) is 19.1. The van der Waals surface area contributed by atoms with Crippen LogP contribution in [0.4, 0.5) is 4.79 Å². The fourth-order valence-corrected chi connectivity index (χ4v) is 3.30. The van der Waals surface area contributed by atoms with Crippen LogP contribution in [0.1, 0.15) is 31.0 Å². The van der Waals surface area contributed by atoms with E-state index in [1.807, 2.05) is 30.3 Å². The largest absolute Gasteiger partial charge is 0.493 e. The second-order valence-electron chi connectivity index (χ2n) is 7.19. The lowest BCUT2D eigenvalue weighted by atomic mass is 9.95. The van der Waals surface area contributed by atoms with Crippen molar-refractivity contribution in [2.75, 3.05) is 20.3 Å². The van der Waals surface area contributed by atoms with Crippen LogP contribution in [0.3, 0.4) is 0 Å². The topological polar surface area (TPSA) is 127 Å². The SMILES string of the molecule is CCOC(=O)C1=C(C)NC(=O)NC1c1ccc(OCC(=O)N/N=C/c2ccccc2)c(OC)c1. The molecule has 178 valence electrons. The van der Waals surface area contributed by atoms with Crippen LogP contribution in [-0.2, 0) is 14.3 Å². The van der Waals surface area contributed by atoms with Crippen molar-refractivity contribution < 1.29 is 28.6 Å². The second-order valence-corrected chi connectivity index (χ2v) is 7.19. The van der Waals surface area contributed by atoms with Crippen LogP contribution >= 0.6 is 0 Å². The van der Waals surface area contributed by atoms with E-state index in [1.54, 1.807) is 32.0 Å². The number of amides is 3. The number of esters is 1.